The number of pyridine rings is 1. The fourth-order valence-corrected chi connectivity index (χ4v) is 4.42. The number of H-pyrrole nitrogens is 1. The van der Waals surface area contributed by atoms with Crippen LogP contribution in [0.15, 0.2) is 47.8 Å². The zero-order valence-electron chi connectivity index (χ0n) is 17.3. The molecule has 0 bridgehead atoms. The van der Waals surface area contributed by atoms with Gasteiger partial charge >= 0.3 is 5.97 Å². The molecule has 4 aromatic rings. The van der Waals surface area contributed by atoms with Crippen LogP contribution in [-0.2, 0) is 4.74 Å². The van der Waals surface area contributed by atoms with E-state index in [4.69, 9.17) is 4.74 Å². The molecule has 0 aliphatic heterocycles. The third-order valence-corrected chi connectivity index (χ3v) is 6.00. The minimum atomic E-state index is -0.600. The number of rotatable bonds is 6. The molecule has 3 heterocycles. The lowest BCUT2D eigenvalue weighted by Crippen LogP contribution is -2.16. The van der Waals surface area contributed by atoms with Crippen LogP contribution < -0.4 is 0 Å². The van der Waals surface area contributed by atoms with Crippen LogP contribution in [-0.4, -0.2) is 34.1 Å². The van der Waals surface area contributed by atoms with Gasteiger partial charge in [0.2, 0.25) is 5.78 Å². The van der Waals surface area contributed by atoms with Crippen LogP contribution in [0.3, 0.4) is 0 Å². The predicted molar refractivity (Wildman–Crippen MR) is 120 cm³/mol. The van der Waals surface area contributed by atoms with Crippen molar-refractivity contribution in [3.8, 4) is 10.6 Å². The molecule has 0 unspecified atom stereocenters. The molecule has 31 heavy (non-hydrogen) atoms. The van der Waals surface area contributed by atoms with Gasteiger partial charge in [-0.1, -0.05) is 24.3 Å². The van der Waals surface area contributed by atoms with E-state index in [2.05, 4.69) is 9.97 Å². The number of aryl methyl sites for hydroxylation is 1. The molecule has 1 N–H and O–H groups in total. The van der Waals surface area contributed by atoms with Crippen molar-refractivity contribution in [2.24, 2.45) is 0 Å². The van der Waals surface area contributed by atoms with Crippen molar-refractivity contribution in [2.75, 3.05) is 6.61 Å². The quantitative estimate of drug-likeness (QED) is 0.336. The molecule has 6 nitrogen and oxygen atoms in total. The molecule has 156 valence electrons. The average Bonchev–Trinajstić information content (AvgIpc) is 3.39. The number of para-hydroxylation sites is 1. The van der Waals surface area contributed by atoms with Gasteiger partial charge in [0, 0.05) is 16.6 Å². The molecule has 4 rings (SSSR count). The largest absolute Gasteiger partial charge is 0.454 e. The van der Waals surface area contributed by atoms with Crippen LogP contribution in [0.1, 0.15) is 49.4 Å². The molecule has 0 aliphatic rings. The van der Waals surface area contributed by atoms with Gasteiger partial charge in [0.05, 0.1) is 27.3 Å². The fraction of sp³-hybridized carbons (Fsp3) is 0.167. The van der Waals surface area contributed by atoms with Crippen LogP contribution in [0.5, 0.6) is 0 Å². The number of hydrogen-bond acceptors (Lipinski definition) is 6. The summed E-state index contributed by atoms with van der Waals surface area (Å²) >= 11 is 1.53. The van der Waals surface area contributed by atoms with E-state index in [1.54, 1.807) is 26.0 Å². The van der Waals surface area contributed by atoms with Crippen LogP contribution in [0, 0.1) is 13.8 Å². The van der Waals surface area contributed by atoms with Crippen molar-refractivity contribution in [3.05, 3.63) is 75.9 Å². The third-order valence-electron chi connectivity index (χ3n) is 5.11. The van der Waals surface area contributed by atoms with Crippen molar-refractivity contribution in [2.45, 2.75) is 20.8 Å². The molecule has 7 heteroatoms. The Kier molecular flexibility index (Phi) is 5.52. The number of ketones is 2. The Labute approximate surface area is 182 Å². The number of nitrogens with one attached hydrogen (secondary N) is 1. The Hall–Kier alpha value is -3.58. The Bertz CT molecular complexity index is 1320. The summed E-state index contributed by atoms with van der Waals surface area (Å²) in [7, 11) is 0. The number of carbonyl (C=O) groups is 3. The minimum absolute atomic E-state index is 0.119. The number of thiophene rings is 1. The van der Waals surface area contributed by atoms with Gasteiger partial charge in [-0.05, 0) is 49.9 Å². The summed E-state index contributed by atoms with van der Waals surface area (Å²) in [5.74, 6) is -1.11. The zero-order chi connectivity index (χ0) is 22.1. The number of fused-ring (bicyclic) bond motifs is 1. The highest BCUT2D eigenvalue weighted by Gasteiger charge is 2.22. The first-order valence-electron chi connectivity index (χ1n) is 9.71. The summed E-state index contributed by atoms with van der Waals surface area (Å²) in [6.07, 6.45) is 0. The molecule has 1 aromatic carbocycles. The molecule has 3 aromatic heterocycles. The van der Waals surface area contributed by atoms with Gasteiger partial charge in [-0.15, -0.1) is 11.3 Å². The smallest absolute Gasteiger partial charge is 0.339 e. The Balaban J connectivity index is 1.61. The van der Waals surface area contributed by atoms with E-state index in [0.717, 1.165) is 4.88 Å². The molecule has 0 fully saturated rings. The number of aromatic nitrogens is 2. The highest BCUT2D eigenvalue weighted by molar-refractivity contribution is 7.13. The van der Waals surface area contributed by atoms with Crippen molar-refractivity contribution in [1.29, 1.82) is 0 Å². The summed E-state index contributed by atoms with van der Waals surface area (Å²) in [6, 6.07) is 12.9. The molecular formula is C24H20N2O4S. The van der Waals surface area contributed by atoms with Crippen molar-refractivity contribution in [3.63, 3.8) is 0 Å². The summed E-state index contributed by atoms with van der Waals surface area (Å²) < 4.78 is 5.37. The number of ether oxygens (including phenoxy) is 1. The van der Waals surface area contributed by atoms with Gasteiger partial charge in [0.25, 0.3) is 0 Å². The Morgan fingerprint density at radius 3 is 2.55 bits per heavy atom. The fourth-order valence-electron chi connectivity index (χ4n) is 3.73. The van der Waals surface area contributed by atoms with Crippen molar-refractivity contribution in [1.82, 2.24) is 9.97 Å². The molecule has 0 radical (unpaired) electrons. The number of carbonyl (C=O) groups excluding carboxylic acids is 3. The van der Waals surface area contributed by atoms with Gasteiger partial charge in [-0.2, -0.15) is 0 Å². The molecule has 0 atom stereocenters. The lowest BCUT2D eigenvalue weighted by atomic mass is 10.1. The monoisotopic (exact) mass is 432 g/mol. The van der Waals surface area contributed by atoms with Gasteiger partial charge in [0.1, 0.15) is 0 Å². The van der Waals surface area contributed by atoms with Crippen LogP contribution in [0.4, 0.5) is 0 Å². The summed E-state index contributed by atoms with van der Waals surface area (Å²) in [5.41, 5.74) is 3.68. The van der Waals surface area contributed by atoms with E-state index in [1.165, 1.54) is 18.3 Å². The van der Waals surface area contributed by atoms with Crippen LogP contribution in [0.2, 0.25) is 0 Å². The van der Waals surface area contributed by atoms with Crippen molar-refractivity contribution < 1.29 is 19.1 Å². The van der Waals surface area contributed by atoms with Gasteiger partial charge in [0.15, 0.2) is 12.4 Å². The van der Waals surface area contributed by atoms with Crippen LogP contribution in [0.25, 0.3) is 21.5 Å². The summed E-state index contributed by atoms with van der Waals surface area (Å²) in [4.78, 5) is 45.9. The van der Waals surface area contributed by atoms with E-state index in [0.29, 0.717) is 39.0 Å². The lowest BCUT2D eigenvalue weighted by Gasteiger charge is -2.09. The maximum Gasteiger partial charge on any atom is 0.339 e. The molecule has 0 saturated heterocycles. The standard InChI is InChI=1S/C24H20N2O4S/c1-13-22(15(3)27)14(2)25-23(13)20(28)12-30-24(29)17-11-19(21-9-6-10-31-21)26-18-8-5-4-7-16(17)18/h4-11,25H,12H2,1-3H3. The highest BCUT2D eigenvalue weighted by atomic mass is 32.1. The highest BCUT2D eigenvalue weighted by Crippen LogP contribution is 2.28. The molecule has 0 amide bonds. The second-order valence-electron chi connectivity index (χ2n) is 7.23. The first-order chi connectivity index (χ1) is 14.9. The lowest BCUT2D eigenvalue weighted by molar-refractivity contribution is 0.0475. The number of aromatic amines is 1. The third kappa shape index (κ3) is 3.92. The van der Waals surface area contributed by atoms with Crippen molar-refractivity contribution >= 4 is 39.8 Å². The van der Waals surface area contributed by atoms with Gasteiger partial charge in [-0.25, -0.2) is 9.78 Å². The first kappa shape index (κ1) is 20.7. The predicted octanol–water partition coefficient (Wildman–Crippen LogP) is 5.15. The Morgan fingerprint density at radius 2 is 1.87 bits per heavy atom. The molecule has 0 saturated carbocycles. The minimum Gasteiger partial charge on any atom is -0.454 e. The van der Waals surface area contributed by atoms with Gasteiger partial charge < -0.3 is 9.72 Å². The molecule has 0 aliphatic carbocycles. The number of nitrogens with zero attached hydrogens (tertiary/aromatic N) is 1. The SMILES string of the molecule is CC(=O)c1c(C)[nH]c(C(=O)COC(=O)c2cc(-c3cccs3)nc3ccccc23)c1C. The van der Waals surface area contributed by atoms with Gasteiger partial charge in [-0.3, -0.25) is 9.59 Å². The molecule has 0 spiro atoms. The first-order valence-corrected chi connectivity index (χ1v) is 10.6. The number of esters is 1. The second-order valence-corrected chi connectivity index (χ2v) is 8.18. The summed E-state index contributed by atoms with van der Waals surface area (Å²) in [5, 5.41) is 2.60. The normalized spacial score (nSPS) is 10.9. The topological polar surface area (TPSA) is 89.1 Å². The zero-order valence-corrected chi connectivity index (χ0v) is 18.1. The Morgan fingerprint density at radius 1 is 1.10 bits per heavy atom. The maximum atomic E-state index is 12.9. The second kappa shape index (κ2) is 8.28. The van der Waals surface area contributed by atoms with E-state index in [1.807, 2.05) is 35.7 Å². The number of hydrogen-bond donors (Lipinski definition) is 1. The van der Waals surface area contributed by atoms with E-state index in [-0.39, 0.29) is 11.5 Å². The molecular weight excluding hydrogens is 412 g/mol. The van der Waals surface area contributed by atoms with Crippen LogP contribution >= 0.6 is 11.3 Å². The average molecular weight is 433 g/mol. The van der Waals surface area contributed by atoms with E-state index >= 15 is 0 Å². The summed E-state index contributed by atoms with van der Waals surface area (Å²) in [6.45, 7) is 4.47. The maximum absolute atomic E-state index is 12.9. The van der Waals surface area contributed by atoms with E-state index < -0.39 is 18.4 Å². The van der Waals surface area contributed by atoms with E-state index in [9.17, 15) is 14.4 Å². The number of benzene rings is 1. The number of Topliss-reactive ketones (excluding diaryl/α,β-unsaturated/α-hetero) is 2.